The number of aromatic hydroxyl groups is 1. The molecule has 2 heterocycles. The van der Waals surface area contributed by atoms with Crippen LogP contribution in [0.3, 0.4) is 0 Å². The number of aromatic nitrogens is 1. The van der Waals surface area contributed by atoms with E-state index in [0.717, 1.165) is 22.3 Å². The molecule has 4 aromatic carbocycles. The van der Waals surface area contributed by atoms with Crippen molar-refractivity contribution in [2.24, 2.45) is 0 Å². The lowest BCUT2D eigenvalue weighted by molar-refractivity contribution is -0.130. The van der Waals surface area contributed by atoms with E-state index in [4.69, 9.17) is 30.2 Å². The number of methoxy groups -OCH3 is 1. The Balaban J connectivity index is 0.912. The predicted molar refractivity (Wildman–Crippen MR) is 270 cm³/mol. The van der Waals surface area contributed by atoms with Gasteiger partial charge in [0.05, 0.1) is 41.7 Å². The summed E-state index contributed by atoms with van der Waals surface area (Å²) in [7, 11) is 0.972. The summed E-state index contributed by atoms with van der Waals surface area (Å²) in [6.07, 6.45) is 0.338. The Morgan fingerprint density at radius 2 is 1.65 bits per heavy atom. The van der Waals surface area contributed by atoms with Crippen molar-refractivity contribution >= 4 is 60.3 Å². The number of hydrogen-bond donors (Lipinski definition) is 5. The molecule has 0 radical (unpaired) electrons. The van der Waals surface area contributed by atoms with Gasteiger partial charge in [-0.05, 0) is 72.8 Å². The lowest BCUT2D eigenvalue weighted by atomic mass is 10.0. The van der Waals surface area contributed by atoms with E-state index in [-0.39, 0.29) is 40.0 Å². The van der Waals surface area contributed by atoms with Crippen LogP contribution in [0.2, 0.25) is 23.2 Å². The highest BCUT2D eigenvalue weighted by atomic mass is 35.5. The summed E-state index contributed by atoms with van der Waals surface area (Å²) in [5, 5.41) is 20.6. The summed E-state index contributed by atoms with van der Waals surface area (Å²) < 4.78 is 23.8. The van der Waals surface area contributed by atoms with Gasteiger partial charge in [-0.3, -0.25) is 20.2 Å². The molecule has 1 fully saturated rings. The first-order valence-corrected chi connectivity index (χ1v) is 26.3. The van der Waals surface area contributed by atoms with Gasteiger partial charge in [0.2, 0.25) is 11.5 Å². The maximum absolute atomic E-state index is 13.0. The monoisotopic (exact) mass is 968 g/mol. The maximum atomic E-state index is 13.0. The summed E-state index contributed by atoms with van der Waals surface area (Å²) in [6.45, 7) is 14.1. The van der Waals surface area contributed by atoms with Crippen LogP contribution in [-0.4, -0.2) is 106 Å². The molecule has 1 saturated heterocycles. The Morgan fingerprint density at radius 1 is 0.941 bits per heavy atom. The molecule has 1 unspecified atom stereocenters. The fraction of sp³-hybridized carbons (Fsp3) is 0.412. The number of nitrogens with zero attached hydrogens (tertiary/aromatic N) is 2. The third-order valence-electron chi connectivity index (χ3n) is 12.7. The summed E-state index contributed by atoms with van der Waals surface area (Å²) in [6, 6.07) is 27.4. The Bertz CT molecular complexity index is 2580. The highest BCUT2D eigenvalue weighted by molar-refractivity contribution is 6.74. The quantitative estimate of drug-likeness (QED) is 0.0392. The standard InChI is InChI=1S/C51H65ClN6O9Si/c1-51(2,3)68(6,7)67-45(38-18-20-43(59)48-39(38)19-21-46(60)56-48)33-53-32-35-30-40(52)42(31-44(35)64-5)55-49(62)65-29-13-25-57(4)47(61)24-28-58-26-22-36(23-27-58)66-50(63)54-41-17-12-11-16-37(41)34-14-9-8-10-15-34/h8-12,14-21,30-31,36,45,53,59H,13,22-29,32-33H2,1-7H3,(H,54,63)(H,55,62)(H,56,60). The molecule has 5 aromatic rings. The molecule has 0 spiro atoms. The van der Waals surface area contributed by atoms with Crippen LogP contribution in [0.5, 0.6) is 11.5 Å². The molecule has 0 bridgehead atoms. The van der Waals surface area contributed by atoms with Gasteiger partial charge in [-0.1, -0.05) is 87.0 Å². The number of likely N-dealkylation sites (tertiary alicyclic amines) is 1. The van der Waals surface area contributed by atoms with Crippen LogP contribution in [0.1, 0.15) is 63.7 Å². The number of benzene rings is 4. The fourth-order valence-corrected chi connectivity index (χ4v) is 9.34. The highest BCUT2D eigenvalue weighted by Gasteiger charge is 2.40. The van der Waals surface area contributed by atoms with E-state index in [1.807, 2.05) is 60.7 Å². The largest absolute Gasteiger partial charge is 0.506 e. The van der Waals surface area contributed by atoms with Crippen molar-refractivity contribution in [2.45, 2.75) is 83.3 Å². The minimum absolute atomic E-state index is 0.0113. The van der Waals surface area contributed by atoms with E-state index in [2.05, 4.69) is 59.7 Å². The number of rotatable bonds is 19. The van der Waals surface area contributed by atoms with E-state index in [0.29, 0.717) is 93.0 Å². The molecular weight excluding hydrogens is 904 g/mol. The van der Waals surface area contributed by atoms with Crippen LogP contribution in [0, 0.1) is 0 Å². The topological polar surface area (TPSA) is 184 Å². The van der Waals surface area contributed by atoms with Crippen molar-refractivity contribution < 1.29 is 38.1 Å². The molecule has 68 heavy (non-hydrogen) atoms. The SMILES string of the molecule is COc1cc(NC(=O)OCCCN(C)C(=O)CCN2CCC(OC(=O)Nc3ccccc3-c3ccccc3)CC2)c(Cl)cc1CNCC(O[Si](C)(C)C(C)(C)C)c1ccc(O)c2[nH]c(=O)ccc12. The molecule has 3 amide bonds. The number of nitrogens with one attached hydrogen (secondary N) is 4. The second-order valence-corrected chi connectivity index (χ2v) is 23.8. The second kappa shape index (κ2) is 23.4. The van der Waals surface area contributed by atoms with Crippen LogP contribution in [0.15, 0.2) is 95.8 Å². The molecule has 364 valence electrons. The number of anilines is 2. The van der Waals surface area contributed by atoms with Crippen molar-refractivity contribution in [1.29, 1.82) is 0 Å². The van der Waals surface area contributed by atoms with E-state index >= 15 is 0 Å². The zero-order valence-electron chi connectivity index (χ0n) is 40.1. The van der Waals surface area contributed by atoms with Crippen molar-refractivity contribution in [1.82, 2.24) is 20.1 Å². The number of piperidine rings is 1. The Kier molecular flexibility index (Phi) is 17.7. The van der Waals surface area contributed by atoms with Gasteiger partial charge in [0, 0.05) is 81.4 Å². The molecule has 15 nitrogen and oxygen atoms in total. The van der Waals surface area contributed by atoms with E-state index in [9.17, 15) is 24.3 Å². The number of para-hydroxylation sites is 1. The molecule has 1 atom stereocenters. The first-order valence-electron chi connectivity index (χ1n) is 23.0. The van der Waals surface area contributed by atoms with E-state index < -0.39 is 26.6 Å². The van der Waals surface area contributed by atoms with Crippen LogP contribution in [0.4, 0.5) is 21.0 Å². The van der Waals surface area contributed by atoms with Crippen LogP contribution >= 0.6 is 11.6 Å². The Hall–Kier alpha value is -5.91. The van der Waals surface area contributed by atoms with E-state index in [1.165, 1.54) is 13.2 Å². The molecule has 6 rings (SSSR count). The van der Waals surface area contributed by atoms with E-state index in [1.54, 1.807) is 36.2 Å². The van der Waals surface area contributed by atoms with Gasteiger partial charge in [0.1, 0.15) is 17.6 Å². The van der Waals surface area contributed by atoms with Crippen LogP contribution in [-0.2, 0) is 25.2 Å². The predicted octanol–water partition coefficient (Wildman–Crippen LogP) is 9.92. The number of ether oxygens (including phenoxy) is 3. The van der Waals surface area contributed by atoms with Crippen molar-refractivity contribution in [3.05, 3.63) is 117 Å². The van der Waals surface area contributed by atoms with Gasteiger partial charge in [0.15, 0.2) is 8.32 Å². The smallest absolute Gasteiger partial charge is 0.411 e. The summed E-state index contributed by atoms with van der Waals surface area (Å²) in [5.41, 5.74) is 4.54. The van der Waals surface area contributed by atoms with Gasteiger partial charge in [-0.2, -0.15) is 0 Å². The number of carbonyl (C=O) groups excluding carboxylic acids is 3. The third kappa shape index (κ3) is 13.8. The highest BCUT2D eigenvalue weighted by Crippen LogP contribution is 2.41. The molecule has 1 aliphatic rings. The average molecular weight is 970 g/mol. The molecule has 1 aliphatic heterocycles. The van der Waals surface area contributed by atoms with Gasteiger partial charge >= 0.3 is 12.2 Å². The molecule has 5 N–H and O–H groups in total. The number of pyridine rings is 1. The van der Waals surface area contributed by atoms with Gasteiger partial charge < -0.3 is 43.8 Å². The Morgan fingerprint density at radius 3 is 2.37 bits per heavy atom. The number of carbonyl (C=O) groups is 3. The number of aromatic amines is 1. The van der Waals surface area contributed by atoms with Gasteiger partial charge in [-0.15, -0.1) is 0 Å². The fourth-order valence-electron chi connectivity index (χ4n) is 7.83. The number of halogens is 1. The first-order chi connectivity index (χ1) is 32.4. The number of fused-ring (bicyclic) bond motifs is 1. The number of phenolic OH excluding ortho intramolecular Hbond substituents is 1. The minimum Gasteiger partial charge on any atom is -0.506 e. The molecule has 17 heteroatoms. The molecule has 1 aromatic heterocycles. The first kappa shape index (κ1) is 51.5. The normalized spacial score (nSPS) is 14.0. The summed E-state index contributed by atoms with van der Waals surface area (Å²) in [5.74, 6) is 0.462. The second-order valence-electron chi connectivity index (χ2n) is 18.6. The van der Waals surface area contributed by atoms with Gasteiger partial charge in [-0.25, -0.2) is 9.59 Å². The van der Waals surface area contributed by atoms with Crippen molar-refractivity contribution in [3.63, 3.8) is 0 Å². The lowest BCUT2D eigenvalue weighted by Gasteiger charge is -2.39. The number of H-pyrrole nitrogens is 1. The number of amides is 3. The van der Waals surface area contributed by atoms with Gasteiger partial charge in [0.25, 0.3) is 0 Å². The zero-order chi connectivity index (χ0) is 49.0. The van der Waals surface area contributed by atoms with Crippen LogP contribution in [0.25, 0.3) is 22.0 Å². The molecular formula is C51H65ClN6O9Si. The Labute approximate surface area is 404 Å². The number of hydrogen-bond acceptors (Lipinski definition) is 11. The van der Waals surface area contributed by atoms with Crippen molar-refractivity contribution in [2.75, 3.05) is 64.1 Å². The number of phenols is 1. The molecule has 0 aliphatic carbocycles. The lowest BCUT2D eigenvalue weighted by Crippen LogP contribution is -2.43. The summed E-state index contributed by atoms with van der Waals surface area (Å²) >= 11 is 6.67. The zero-order valence-corrected chi connectivity index (χ0v) is 41.8. The third-order valence-corrected chi connectivity index (χ3v) is 17.5. The van der Waals surface area contributed by atoms with Crippen LogP contribution < -0.4 is 26.2 Å². The molecule has 0 saturated carbocycles. The summed E-state index contributed by atoms with van der Waals surface area (Å²) in [4.78, 5) is 57.3. The average Bonchev–Trinajstić information content (AvgIpc) is 3.30. The maximum Gasteiger partial charge on any atom is 0.411 e. The van der Waals surface area contributed by atoms with Crippen molar-refractivity contribution in [3.8, 4) is 22.6 Å². The minimum atomic E-state index is -2.30.